The lowest BCUT2D eigenvalue weighted by atomic mass is 10.3. The number of piperazine rings is 1. The van der Waals surface area contributed by atoms with Gasteiger partial charge < -0.3 is 15.1 Å². The highest BCUT2D eigenvalue weighted by molar-refractivity contribution is 5.84. The van der Waals surface area contributed by atoms with Gasteiger partial charge in [-0.15, -0.1) is 0 Å². The van der Waals surface area contributed by atoms with Crippen LogP contribution in [0.2, 0.25) is 0 Å². The third-order valence-corrected chi connectivity index (χ3v) is 3.52. The molecule has 1 aromatic rings. The predicted octanol–water partition coefficient (Wildman–Crippen LogP) is 0.646. The maximum atomic E-state index is 12.0. The molecule has 0 atom stereocenters. The van der Waals surface area contributed by atoms with Gasteiger partial charge in [-0.3, -0.25) is 9.59 Å². The van der Waals surface area contributed by atoms with Crippen molar-refractivity contribution in [1.29, 1.82) is 0 Å². The number of pyridine rings is 1. The van der Waals surface area contributed by atoms with Crippen molar-refractivity contribution in [1.82, 2.24) is 15.2 Å². The Morgan fingerprint density at radius 1 is 1.24 bits per heavy atom. The lowest BCUT2D eigenvalue weighted by molar-refractivity contribution is -0.133. The van der Waals surface area contributed by atoms with Gasteiger partial charge in [0.1, 0.15) is 5.82 Å². The third kappa shape index (κ3) is 4.44. The Morgan fingerprint density at radius 2 is 2.00 bits per heavy atom. The van der Waals surface area contributed by atoms with Crippen molar-refractivity contribution < 1.29 is 9.59 Å². The summed E-state index contributed by atoms with van der Waals surface area (Å²) < 4.78 is 0. The van der Waals surface area contributed by atoms with E-state index in [1.807, 2.05) is 25.1 Å². The summed E-state index contributed by atoms with van der Waals surface area (Å²) >= 11 is 0. The van der Waals surface area contributed by atoms with Crippen LogP contribution in [0.3, 0.4) is 0 Å². The monoisotopic (exact) mass is 290 g/mol. The fourth-order valence-corrected chi connectivity index (χ4v) is 2.33. The van der Waals surface area contributed by atoms with E-state index in [1.165, 1.54) is 0 Å². The highest BCUT2D eigenvalue weighted by Crippen LogP contribution is 2.12. The number of nitrogens with zero attached hydrogens (tertiary/aromatic N) is 3. The molecule has 1 aromatic heterocycles. The average molecular weight is 290 g/mol. The molecule has 1 saturated heterocycles. The van der Waals surface area contributed by atoms with Crippen LogP contribution in [0.4, 0.5) is 5.82 Å². The molecular weight excluding hydrogens is 268 g/mol. The van der Waals surface area contributed by atoms with Gasteiger partial charge in [-0.05, 0) is 18.6 Å². The molecule has 1 aliphatic heterocycles. The van der Waals surface area contributed by atoms with Crippen molar-refractivity contribution in [3.05, 3.63) is 24.4 Å². The second kappa shape index (κ2) is 7.61. The van der Waals surface area contributed by atoms with Crippen molar-refractivity contribution in [2.75, 3.05) is 37.6 Å². The maximum absolute atomic E-state index is 12.0. The largest absolute Gasteiger partial charge is 0.353 e. The number of anilines is 1. The summed E-state index contributed by atoms with van der Waals surface area (Å²) in [5.41, 5.74) is 0. The van der Waals surface area contributed by atoms with E-state index in [1.54, 1.807) is 11.1 Å². The molecule has 2 rings (SSSR count). The molecule has 1 N–H and O–H groups in total. The Balaban J connectivity index is 1.76. The minimum atomic E-state index is -0.0574. The molecule has 114 valence electrons. The zero-order valence-corrected chi connectivity index (χ0v) is 12.4. The molecule has 0 saturated carbocycles. The summed E-state index contributed by atoms with van der Waals surface area (Å²) in [6.07, 6.45) is 3.04. The Kier molecular flexibility index (Phi) is 5.54. The predicted molar refractivity (Wildman–Crippen MR) is 80.9 cm³/mol. The van der Waals surface area contributed by atoms with Crippen LogP contribution in [0, 0.1) is 0 Å². The summed E-state index contributed by atoms with van der Waals surface area (Å²) in [6, 6.07) is 5.83. The minimum Gasteiger partial charge on any atom is -0.353 e. The lowest BCUT2D eigenvalue weighted by Gasteiger charge is -2.35. The number of aromatic nitrogens is 1. The molecular formula is C15H22N4O2. The van der Waals surface area contributed by atoms with E-state index in [0.717, 1.165) is 25.3 Å². The molecule has 1 aliphatic rings. The first kappa shape index (κ1) is 15.3. The van der Waals surface area contributed by atoms with Gasteiger partial charge in [0.2, 0.25) is 11.8 Å². The number of rotatable bonds is 5. The molecule has 0 aromatic carbocycles. The first-order valence-corrected chi connectivity index (χ1v) is 7.41. The highest BCUT2D eigenvalue weighted by Gasteiger charge is 2.21. The van der Waals surface area contributed by atoms with Gasteiger partial charge in [-0.1, -0.05) is 13.0 Å². The Morgan fingerprint density at radius 3 is 2.62 bits per heavy atom. The quantitative estimate of drug-likeness (QED) is 0.864. The first-order valence-electron chi connectivity index (χ1n) is 7.41. The zero-order valence-electron chi connectivity index (χ0n) is 12.4. The summed E-state index contributed by atoms with van der Waals surface area (Å²) in [6.45, 7) is 4.91. The minimum absolute atomic E-state index is 0.0138. The molecule has 2 heterocycles. The van der Waals surface area contributed by atoms with E-state index in [-0.39, 0.29) is 18.4 Å². The van der Waals surface area contributed by atoms with Gasteiger partial charge in [0.15, 0.2) is 0 Å². The molecule has 6 heteroatoms. The summed E-state index contributed by atoms with van der Waals surface area (Å²) in [5.74, 6) is 0.874. The van der Waals surface area contributed by atoms with Gasteiger partial charge in [0.05, 0.1) is 6.54 Å². The van der Waals surface area contributed by atoms with Crippen LogP contribution in [0.1, 0.15) is 19.8 Å². The molecule has 0 unspecified atom stereocenters. The fourth-order valence-electron chi connectivity index (χ4n) is 2.33. The zero-order chi connectivity index (χ0) is 15.1. The van der Waals surface area contributed by atoms with Gasteiger partial charge in [0, 0.05) is 38.8 Å². The van der Waals surface area contributed by atoms with Gasteiger partial charge >= 0.3 is 0 Å². The second-order valence-electron chi connectivity index (χ2n) is 5.08. The third-order valence-electron chi connectivity index (χ3n) is 3.52. The van der Waals surface area contributed by atoms with E-state index in [0.29, 0.717) is 19.5 Å². The number of hydrogen-bond donors (Lipinski definition) is 1. The van der Waals surface area contributed by atoms with Crippen molar-refractivity contribution in [2.45, 2.75) is 19.8 Å². The topological polar surface area (TPSA) is 65.5 Å². The summed E-state index contributed by atoms with van der Waals surface area (Å²) in [4.78, 5) is 31.7. The van der Waals surface area contributed by atoms with Crippen LogP contribution >= 0.6 is 0 Å². The van der Waals surface area contributed by atoms with E-state index in [4.69, 9.17) is 0 Å². The smallest absolute Gasteiger partial charge is 0.242 e. The average Bonchev–Trinajstić information content (AvgIpc) is 2.54. The van der Waals surface area contributed by atoms with Crippen LogP contribution in [0.25, 0.3) is 0 Å². The van der Waals surface area contributed by atoms with Crippen LogP contribution in [-0.4, -0.2) is 54.4 Å². The summed E-state index contributed by atoms with van der Waals surface area (Å²) in [7, 11) is 0. The number of nitrogens with one attached hydrogen (secondary N) is 1. The molecule has 0 aliphatic carbocycles. The van der Waals surface area contributed by atoms with E-state index >= 15 is 0 Å². The van der Waals surface area contributed by atoms with E-state index in [9.17, 15) is 9.59 Å². The highest BCUT2D eigenvalue weighted by atomic mass is 16.2. The van der Waals surface area contributed by atoms with Crippen molar-refractivity contribution >= 4 is 17.6 Å². The molecule has 0 spiro atoms. The maximum Gasteiger partial charge on any atom is 0.242 e. The van der Waals surface area contributed by atoms with Crippen molar-refractivity contribution in [3.63, 3.8) is 0 Å². The van der Waals surface area contributed by atoms with Crippen molar-refractivity contribution in [3.8, 4) is 0 Å². The molecule has 21 heavy (non-hydrogen) atoms. The second-order valence-corrected chi connectivity index (χ2v) is 5.08. The van der Waals surface area contributed by atoms with Gasteiger partial charge in [-0.25, -0.2) is 4.98 Å². The number of amides is 2. The SMILES string of the molecule is CCCC(=O)NCC(=O)N1CCN(c2ccccn2)CC1. The Hall–Kier alpha value is -2.11. The van der Waals surface area contributed by atoms with E-state index < -0.39 is 0 Å². The lowest BCUT2D eigenvalue weighted by Crippen LogP contribution is -2.51. The normalized spacial score (nSPS) is 14.9. The number of carbonyl (C=O) groups is 2. The Labute approximate surface area is 125 Å². The van der Waals surface area contributed by atoms with Gasteiger partial charge in [-0.2, -0.15) is 0 Å². The van der Waals surface area contributed by atoms with Crippen LogP contribution in [0.5, 0.6) is 0 Å². The standard InChI is InChI=1S/C15H22N4O2/c1-2-5-14(20)17-12-15(21)19-10-8-18(9-11-19)13-6-3-4-7-16-13/h3-4,6-7H,2,5,8-12H2,1H3,(H,17,20). The number of hydrogen-bond acceptors (Lipinski definition) is 4. The van der Waals surface area contributed by atoms with E-state index in [2.05, 4.69) is 15.2 Å². The van der Waals surface area contributed by atoms with Crippen LogP contribution in [-0.2, 0) is 9.59 Å². The van der Waals surface area contributed by atoms with Crippen LogP contribution in [0.15, 0.2) is 24.4 Å². The molecule has 0 bridgehead atoms. The molecule has 6 nitrogen and oxygen atoms in total. The first-order chi connectivity index (χ1) is 10.2. The van der Waals surface area contributed by atoms with Crippen molar-refractivity contribution in [2.24, 2.45) is 0 Å². The fraction of sp³-hybridized carbons (Fsp3) is 0.533. The number of carbonyl (C=O) groups excluding carboxylic acids is 2. The molecule has 2 amide bonds. The molecule has 1 fully saturated rings. The van der Waals surface area contributed by atoms with Crippen LogP contribution < -0.4 is 10.2 Å². The molecule has 0 radical (unpaired) electrons. The summed E-state index contributed by atoms with van der Waals surface area (Å²) in [5, 5.41) is 2.67. The Bertz CT molecular complexity index is 470. The van der Waals surface area contributed by atoms with Gasteiger partial charge in [0.25, 0.3) is 0 Å².